The van der Waals surface area contributed by atoms with Crippen molar-refractivity contribution in [3.8, 4) is 11.1 Å². The Bertz CT molecular complexity index is 693. The van der Waals surface area contributed by atoms with Gasteiger partial charge in [0.25, 0.3) is 10.1 Å². The van der Waals surface area contributed by atoms with Crippen LogP contribution < -0.4 is 0 Å². The summed E-state index contributed by atoms with van der Waals surface area (Å²) in [4.78, 5) is -0.223. The molecule has 94 valence electrons. The molecule has 5 heteroatoms. The first-order valence-electron chi connectivity index (χ1n) is 5.22. The zero-order valence-electron chi connectivity index (χ0n) is 9.59. The van der Waals surface area contributed by atoms with E-state index in [0.717, 1.165) is 5.56 Å². The van der Waals surface area contributed by atoms with Gasteiger partial charge in [0.2, 0.25) is 0 Å². The Morgan fingerprint density at radius 1 is 1.11 bits per heavy atom. The molecule has 0 atom stereocenters. The summed E-state index contributed by atoms with van der Waals surface area (Å²) in [6, 6.07) is 10.1. The monoisotopic (exact) mass is 266 g/mol. The van der Waals surface area contributed by atoms with E-state index in [0.29, 0.717) is 5.56 Å². The molecule has 0 radical (unpaired) electrons. The van der Waals surface area contributed by atoms with Crippen molar-refractivity contribution in [2.75, 3.05) is 0 Å². The van der Waals surface area contributed by atoms with E-state index in [1.165, 1.54) is 24.3 Å². The minimum atomic E-state index is -4.33. The number of halogens is 1. The Morgan fingerprint density at radius 3 is 2.44 bits per heavy atom. The third-order valence-electron chi connectivity index (χ3n) is 2.55. The summed E-state index contributed by atoms with van der Waals surface area (Å²) in [5, 5.41) is 0. The molecular weight excluding hydrogens is 255 g/mol. The van der Waals surface area contributed by atoms with E-state index in [1.54, 1.807) is 25.1 Å². The second-order valence-corrected chi connectivity index (χ2v) is 5.37. The molecule has 1 N–H and O–H groups in total. The van der Waals surface area contributed by atoms with Crippen molar-refractivity contribution in [1.82, 2.24) is 0 Å². The smallest absolute Gasteiger partial charge is 0.282 e. The lowest BCUT2D eigenvalue weighted by atomic mass is 10.0. The lowest BCUT2D eigenvalue weighted by molar-refractivity contribution is 0.483. The summed E-state index contributed by atoms with van der Waals surface area (Å²) in [6.45, 7) is 1.79. The van der Waals surface area contributed by atoms with Gasteiger partial charge in [-0.2, -0.15) is 8.42 Å². The molecule has 0 unspecified atom stereocenters. The molecule has 2 aromatic rings. The lowest BCUT2D eigenvalue weighted by Crippen LogP contribution is -2.01. The fraction of sp³-hybridized carbons (Fsp3) is 0.0769. The van der Waals surface area contributed by atoms with E-state index < -0.39 is 15.9 Å². The van der Waals surface area contributed by atoms with E-state index in [-0.39, 0.29) is 10.5 Å². The summed E-state index contributed by atoms with van der Waals surface area (Å²) >= 11 is 0. The van der Waals surface area contributed by atoms with Crippen LogP contribution in [0.3, 0.4) is 0 Å². The van der Waals surface area contributed by atoms with E-state index in [4.69, 9.17) is 4.55 Å². The van der Waals surface area contributed by atoms with E-state index in [9.17, 15) is 12.8 Å². The van der Waals surface area contributed by atoms with Crippen molar-refractivity contribution in [3.05, 3.63) is 53.8 Å². The largest absolute Gasteiger partial charge is 0.295 e. The van der Waals surface area contributed by atoms with Crippen molar-refractivity contribution in [3.63, 3.8) is 0 Å². The summed E-state index contributed by atoms with van der Waals surface area (Å²) in [5.74, 6) is -0.463. The minimum absolute atomic E-state index is 0.223. The minimum Gasteiger partial charge on any atom is -0.282 e. The first kappa shape index (κ1) is 12.7. The van der Waals surface area contributed by atoms with Crippen LogP contribution >= 0.6 is 0 Å². The van der Waals surface area contributed by atoms with Crippen LogP contribution in [0.1, 0.15) is 5.56 Å². The van der Waals surface area contributed by atoms with E-state index in [1.807, 2.05) is 0 Å². The standard InChI is InChI=1S/C13H11FO3S/c1-9-5-6-13(18(15,16)17)12(7-9)10-3-2-4-11(14)8-10/h2-8H,1H3,(H,15,16,17). The number of aryl methyl sites for hydroxylation is 1. The summed E-state index contributed by atoms with van der Waals surface area (Å²) in [5.41, 5.74) is 1.52. The number of hydrogen-bond acceptors (Lipinski definition) is 2. The summed E-state index contributed by atoms with van der Waals surface area (Å²) in [6.07, 6.45) is 0. The van der Waals surface area contributed by atoms with Gasteiger partial charge in [0.15, 0.2) is 0 Å². The Labute approximate surface area is 105 Å². The number of rotatable bonds is 2. The highest BCUT2D eigenvalue weighted by Crippen LogP contribution is 2.28. The van der Waals surface area contributed by atoms with Gasteiger partial charge >= 0.3 is 0 Å². The van der Waals surface area contributed by atoms with Gasteiger partial charge in [-0.3, -0.25) is 4.55 Å². The van der Waals surface area contributed by atoms with Crippen LogP contribution in [0.15, 0.2) is 47.4 Å². The molecular formula is C13H11FO3S. The Kier molecular flexibility index (Phi) is 3.19. The van der Waals surface area contributed by atoms with Crippen molar-refractivity contribution < 1.29 is 17.4 Å². The van der Waals surface area contributed by atoms with Gasteiger partial charge in [-0.15, -0.1) is 0 Å². The zero-order valence-corrected chi connectivity index (χ0v) is 10.4. The first-order valence-corrected chi connectivity index (χ1v) is 6.66. The third kappa shape index (κ3) is 2.57. The van der Waals surface area contributed by atoms with Crippen LogP contribution in [-0.2, 0) is 10.1 Å². The molecule has 2 rings (SSSR count). The fourth-order valence-electron chi connectivity index (χ4n) is 1.75. The maximum atomic E-state index is 13.2. The second kappa shape index (κ2) is 4.51. The summed E-state index contributed by atoms with van der Waals surface area (Å²) < 4.78 is 44.9. The van der Waals surface area contributed by atoms with Crippen LogP contribution in [0.25, 0.3) is 11.1 Å². The van der Waals surface area contributed by atoms with Crippen molar-refractivity contribution in [2.45, 2.75) is 11.8 Å². The normalized spacial score (nSPS) is 11.5. The van der Waals surface area contributed by atoms with Gasteiger partial charge < -0.3 is 0 Å². The van der Waals surface area contributed by atoms with Crippen LogP contribution in [0.5, 0.6) is 0 Å². The molecule has 0 saturated heterocycles. The topological polar surface area (TPSA) is 54.4 Å². The third-order valence-corrected chi connectivity index (χ3v) is 3.46. The van der Waals surface area contributed by atoms with Crippen LogP contribution in [0.4, 0.5) is 4.39 Å². The van der Waals surface area contributed by atoms with Gasteiger partial charge in [-0.1, -0.05) is 29.8 Å². The average molecular weight is 266 g/mol. The van der Waals surface area contributed by atoms with Crippen molar-refractivity contribution in [2.24, 2.45) is 0 Å². The molecule has 0 spiro atoms. The van der Waals surface area contributed by atoms with E-state index in [2.05, 4.69) is 0 Å². The molecule has 3 nitrogen and oxygen atoms in total. The Hall–Kier alpha value is -1.72. The molecule has 0 saturated carbocycles. The predicted octanol–water partition coefficient (Wildman–Crippen LogP) is 3.05. The maximum Gasteiger partial charge on any atom is 0.295 e. The van der Waals surface area contributed by atoms with Crippen molar-refractivity contribution >= 4 is 10.1 Å². The first-order chi connectivity index (χ1) is 8.38. The molecule has 0 aliphatic heterocycles. The molecule has 0 fully saturated rings. The van der Waals surface area contributed by atoms with Gasteiger partial charge in [0.05, 0.1) is 0 Å². The molecule has 0 aliphatic carbocycles. The van der Waals surface area contributed by atoms with Crippen LogP contribution in [-0.4, -0.2) is 13.0 Å². The highest BCUT2D eigenvalue weighted by atomic mass is 32.2. The van der Waals surface area contributed by atoms with Crippen LogP contribution in [0.2, 0.25) is 0 Å². The van der Waals surface area contributed by atoms with Gasteiger partial charge in [-0.25, -0.2) is 4.39 Å². The molecule has 0 aromatic heterocycles. The average Bonchev–Trinajstić information content (AvgIpc) is 2.27. The molecule has 18 heavy (non-hydrogen) atoms. The Balaban J connectivity index is 2.74. The molecule has 2 aromatic carbocycles. The fourth-order valence-corrected chi connectivity index (χ4v) is 2.45. The van der Waals surface area contributed by atoms with Gasteiger partial charge in [0.1, 0.15) is 10.7 Å². The number of hydrogen-bond donors (Lipinski definition) is 1. The second-order valence-electron chi connectivity index (χ2n) is 3.99. The lowest BCUT2D eigenvalue weighted by Gasteiger charge is -2.08. The number of benzene rings is 2. The highest BCUT2D eigenvalue weighted by Gasteiger charge is 2.16. The molecule has 0 bridgehead atoms. The van der Waals surface area contributed by atoms with Crippen molar-refractivity contribution in [1.29, 1.82) is 0 Å². The molecule has 0 heterocycles. The quantitative estimate of drug-likeness (QED) is 0.850. The predicted molar refractivity (Wildman–Crippen MR) is 66.4 cm³/mol. The van der Waals surface area contributed by atoms with Gasteiger partial charge in [0, 0.05) is 5.56 Å². The summed E-state index contributed by atoms with van der Waals surface area (Å²) in [7, 11) is -4.33. The van der Waals surface area contributed by atoms with E-state index >= 15 is 0 Å². The molecule has 0 amide bonds. The molecule has 0 aliphatic rings. The van der Waals surface area contributed by atoms with Crippen LogP contribution in [0, 0.1) is 12.7 Å². The Morgan fingerprint density at radius 2 is 1.83 bits per heavy atom. The maximum absolute atomic E-state index is 13.2. The highest BCUT2D eigenvalue weighted by molar-refractivity contribution is 7.86. The zero-order chi connectivity index (χ0) is 13.3. The van der Waals surface area contributed by atoms with Gasteiger partial charge in [-0.05, 0) is 30.7 Å². The SMILES string of the molecule is Cc1ccc(S(=O)(=O)O)c(-c2cccc(F)c2)c1.